The summed E-state index contributed by atoms with van der Waals surface area (Å²) in [7, 11) is 5.79. The van der Waals surface area contributed by atoms with Crippen molar-refractivity contribution in [2.24, 2.45) is 4.99 Å². The number of guanidine groups is 1. The monoisotopic (exact) mass is 522 g/mol. The van der Waals surface area contributed by atoms with E-state index in [-0.39, 0.29) is 24.0 Å². The number of hydrogen-bond acceptors (Lipinski definition) is 4. The minimum absolute atomic E-state index is 0. The number of anilines is 1. The molecule has 6 nitrogen and oxygen atoms in total. The third kappa shape index (κ3) is 7.75. The molecule has 0 radical (unpaired) electrons. The molecule has 7 heteroatoms. The van der Waals surface area contributed by atoms with Crippen molar-refractivity contribution < 1.29 is 0 Å². The van der Waals surface area contributed by atoms with Crippen LogP contribution in [-0.4, -0.2) is 50.1 Å². The van der Waals surface area contributed by atoms with Gasteiger partial charge in [0.1, 0.15) is 5.82 Å². The zero-order valence-corrected chi connectivity index (χ0v) is 20.7. The summed E-state index contributed by atoms with van der Waals surface area (Å²) in [5.41, 5.74) is 3.63. The van der Waals surface area contributed by atoms with Crippen LogP contribution in [0, 0.1) is 0 Å². The lowest BCUT2D eigenvalue weighted by molar-refractivity contribution is 0.221. The minimum Gasteiger partial charge on any atom is -0.363 e. The first-order valence-corrected chi connectivity index (χ1v) is 10.5. The molecule has 2 heterocycles. The van der Waals surface area contributed by atoms with Gasteiger partial charge in [0.25, 0.3) is 0 Å². The predicted octanol–water partition coefficient (Wildman–Crippen LogP) is 3.62. The Morgan fingerprint density at radius 1 is 0.967 bits per heavy atom. The van der Waals surface area contributed by atoms with Crippen LogP contribution >= 0.6 is 24.0 Å². The topological polar surface area (TPSA) is 55.8 Å². The lowest BCUT2D eigenvalue weighted by atomic mass is 10.1. The Labute approximate surface area is 198 Å². The molecule has 0 amide bonds. The van der Waals surface area contributed by atoms with E-state index >= 15 is 0 Å². The van der Waals surface area contributed by atoms with Crippen molar-refractivity contribution in [3.63, 3.8) is 0 Å². The Morgan fingerprint density at radius 2 is 1.63 bits per heavy atom. The maximum atomic E-state index is 4.63. The lowest BCUT2D eigenvalue weighted by Gasteiger charge is -2.26. The van der Waals surface area contributed by atoms with Crippen molar-refractivity contribution in [1.29, 1.82) is 0 Å². The van der Waals surface area contributed by atoms with Gasteiger partial charge >= 0.3 is 0 Å². The summed E-state index contributed by atoms with van der Waals surface area (Å²) in [6.07, 6.45) is 4.06. The number of nitrogens with one attached hydrogen (secondary N) is 2. The van der Waals surface area contributed by atoms with E-state index in [1.807, 2.05) is 37.2 Å². The van der Waals surface area contributed by atoms with Crippen molar-refractivity contribution in [3.05, 3.63) is 59.3 Å². The largest absolute Gasteiger partial charge is 0.363 e. The summed E-state index contributed by atoms with van der Waals surface area (Å²) in [6.45, 7) is 4.91. The average molecular weight is 522 g/mol. The zero-order valence-electron chi connectivity index (χ0n) is 18.4. The zero-order chi connectivity index (χ0) is 20.5. The summed E-state index contributed by atoms with van der Waals surface area (Å²) in [5, 5.41) is 6.72. The lowest BCUT2D eigenvalue weighted by Crippen LogP contribution is -2.36. The minimum atomic E-state index is 0. The molecule has 1 aromatic carbocycles. The number of rotatable bonds is 7. The van der Waals surface area contributed by atoms with Gasteiger partial charge in [0, 0.05) is 34.2 Å². The van der Waals surface area contributed by atoms with Gasteiger partial charge in [-0.05, 0) is 49.2 Å². The van der Waals surface area contributed by atoms with Crippen LogP contribution in [0.2, 0.25) is 0 Å². The maximum Gasteiger partial charge on any atom is 0.191 e. The summed E-state index contributed by atoms with van der Waals surface area (Å²) >= 11 is 0. The number of piperidine rings is 1. The molecule has 0 atom stereocenters. The maximum absolute atomic E-state index is 4.63. The van der Waals surface area contributed by atoms with Crippen LogP contribution in [0.3, 0.4) is 0 Å². The van der Waals surface area contributed by atoms with Gasteiger partial charge in [0.2, 0.25) is 0 Å². The third-order valence-corrected chi connectivity index (χ3v) is 5.25. The van der Waals surface area contributed by atoms with E-state index < -0.39 is 0 Å². The average Bonchev–Trinajstić information content (AvgIpc) is 2.76. The fraction of sp³-hybridized carbons (Fsp3) is 0.478. The normalized spacial score (nSPS) is 14.7. The Kier molecular flexibility index (Phi) is 10.4. The van der Waals surface area contributed by atoms with Crippen molar-refractivity contribution in [2.45, 2.75) is 38.9 Å². The van der Waals surface area contributed by atoms with E-state index in [2.05, 4.69) is 49.8 Å². The second kappa shape index (κ2) is 12.7. The highest BCUT2D eigenvalue weighted by Gasteiger charge is 2.10. The van der Waals surface area contributed by atoms with Gasteiger partial charge in [-0.1, -0.05) is 36.8 Å². The Bertz CT molecular complexity index is 785. The van der Waals surface area contributed by atoms with Crippen LogP contribution in [-0.2, 0) is 19.6 Å². The van der Waals surface area contributed by atoms with Gasteiger partial charge in [0.05, 0.1) is 12.2 Å². The number of hydrogen-bond donors (Lipinski definition) is 2. The van der Waals surface area contributed by atoms with Crippen LogP contribution in [0.4, 0.5) is 5.82 Å². The van der Waals surface area contributed by atoms with Gasteiger partial charge in [-0.25, -0.2) is 4.98 Å². The molecule has 0 unspecified atom stereocenters. The fourth-order valence-corrected chi connectivity index (χ4v) is 3.53. The molecule has 3 rings (SSSR count). The highest BCUT2D eigenvalue weighted by Crippen LogP contribution is 2.13. The molecule has 1 saturated heterocycles. The molecule has 1 aromatic heterocycles. The number of halogens is 1. The first kappa shape index (κ1) is 24.4. The number of likely N-dealkylation sites (tertiary alicyclic amines) is 1. The van der Waals surface area contributed by atoms with Gasteiger partial charge in [-0.2, -0.15) is 0 Å². The Morgan fingerprint density at radius 3 is 2.30 bits per heavy atom. The number of pyridine rings is 1. The van der Waals surface area contributed by atoms with Crippen LogP contribution in [0.1, 0.15) is 36.1 Å². The first-order chi connectivity index (χ1) is 14.1. The second-order valence-electron chi connectivity index (χ2n) is 7.81. The van der Waals surface area contributed by atoms with Crippen molar-refractivity contribution >= 4 is 35.8 Å². The highest BCUT2D eigenvalue weighted by atomic mass is 127. The standard InChI is InChI=1S/C23H34N6.HI/c1-24-23(26-17-21-8-7-9-22(27-21)28(2)3)25-16-19-10-12-20(13-11-19)18-29-14-5-4-6-15-29;/h7-13H,4-6,14-18H2,1-3H3,(H2,24,25,26);1H. The number of aliphatic imine (C=N–C) groups is 1. The number of nitrogens with zero attached hydrogens (tertiary/aromatic N) is 4. The third-order valence-electron chi connectivity index (χ3n) is 5.25. The van der Waals surface area contributed by atoms with Crippen molar-refractivity contribution in [1.82, 2.24) is 20.5 Å². The second-order valence-corrected chi connectivity index (χ2v) is 7.81. The number of benzene rings is 1. The summed E-state index contributed by atoms with van der Waals surface area (Å²) in [4.78, 5) is 13.5. The summed E-state index contributed by atoms with van der Waals surface area (Å²) in [6, 6.07) is 15.0. The van der Waals surface area contributed by atoms with E-state index in [9.17, 15) is 0 Å². The molecule has 0 saturated carbocycles. The van der Waals surface area contributed by atoms with Gasteiger partial charge in [-0.3, -0.25) is 9.89 Å². The molecule has 2 N–H and O–H groups in total. The molecule has 1 fully saturated rings. The highest BCUT2D eigenvalue weighted by molar-refractivity contribution is 14.0. The molecule has 30 heavy (non-hydrogen) atoms. The molecule has 0 bridgehead atoms. The van der Waals surface area contributed by atoms with Crippen LogP contribution in [0.5, 0.6) is 0 Å². The molecule has 164 valence electrons. The quantitative estimate of drug-likeness (QED) is 0.331. The van der Waals surface area contributed by atoms with Gasteiger partial charge in [0.15, 0.2) is 5.96 Å². The molecular weight excluding hydrogens is 487 g/mol. The van der Waals surface area contributed by atoms with Gasteiger partial charge < -0.3 is 15.5 Å². The molecule has 1 aliphatic heterocycles. The summed E-state index contributed by atoms with van der Waals surface area (Å²) < 4.78 is 0. The fourth-order valence-electron chi connectivity index (χ4n) is 3.53. The number of aromatic nitrogens is 1. The Hall–Kier alpha value is -1.87. The molecule has 0 aliphatic carbocycles. The summed E-state index contributed by atoms with van der Waals surface area (Å²) in [5.74, 6) is 1.73. The molecular formula is C23H35IN6. The smallest absolute Gasteiger partial charge is 0.191 e. The van der Waals surface area contributed by atoms with E-state index in [0.717, 1.165) is 30.6 Å². The SMILES string of the molecule is CN=C(NCc1ccc(CN2CCCCC2)cc1)NCc1cccc(N(C)C)n1.I. The van der Waals surface area contributed by atoms with Crippen LogP contribution in [0.15, 0.2) is 47.5 Å². The predicted molar refractivity (Wildman–Crippen MR) is 137 cm³/mol. The van der Waals surface area contributed by atoms with Crippen LogP contribution < -0.4 is 15.5 Å². The van der Waals surface area contributed by atoms with E-state index in [1.165, 1.54) is 43.5 Å². The van der Waals surface area contributed by atoms with E-state index in [0.29, 0.717) is 6.54 Å². The molecule has 0 spiro atoms. The first-order valence-electron chi connectivity index (χ1n) is 10.5. The van der Waals surface area contributed by atoms with E-state index in [4.69, 9.17) is 0 Å². The van der Waals surface area contributed by atoms with Gasteiger partial charge in [-0.15, -0.1) is 24.0 Å². The van der Waals surface area contributed by atoms with Crippen LogP contribution in [0.25, 0.3) is 0 Å². The molecule has 2 aromatic rings. The Balaban J connectivity index is 0.00000320. The molecule has 1 aliphatic rings. The van der Waals surface area contributed by atoms with Crippen molar-refractivity contribution in [2.75, 3.05) is 39.1 Å². The van der Waals surface area contributed by atoms with Crippen molar-refractivity contribution in [3.8, 4) is 0 Å². The van der Waals surface area contributed by atoms with E-state index in [1.54, 1.807) is 7.05 Å².